The van der Waals surface area contributed by atoms with Gasteiger partial charge in [-0.3, -0.25) is 4.90 Å². The third kappa shape index (κ3) is 6.19. The van der Waals surface area contributed by atoms with Crippen LogP contribution in [0.4, 0.5) is 13.2 Å². The summed E-state index contributed by atoms with van der Waals surface area (Å²) in [5, 5.41) is 0. The number of halogens is 3. The molecule has 1 atom stereocenters. The van der Waals surface area contributed by atoms with Crippen molar-refractivity contribution in [3.8, 4) is 0 Å². The van der Waals surface area contributed by atoms with Crippen LogP contribution in [0.1, 0.15) is 45.1 Å². The Kier molecular flexibility index (Phi) is 8.33. The van der Waals surface area contributed by atoms with E-state index in [0.717, 1.165) is 50.4 Å². The number of hydrogen-bond acceptors (Lipinski definition) is 4. The number of benzene rings is 1. The van der Waals surface area contributed by atoms with Crippen LogP contribution in [0.25, 0.3) is 0 Å². The number of likely N-dealkylation sites (N-methyl/N-ethyl adjacent to an activating group) is 1. The first-order valence-electron chi connectivity index (χ1n) is 10.0. The molecule has 1 aromatic rings. The van der Waals surface area contributed by atoms with Gasteiger partial charge in [0.1, 0.15) is 0 Å². The molecule has 0 spiro atoms. The van der Waals surface area contributed by atoms with E-state index in [1.165, 1.54) is 37.8 Å². The van der Waals surface area contributed by atoms with E-state index in [2.05, 4.69) is 23.6 Å². The van der Waals surface area contributed by atoms with Gasteiger partial charge in [-0.15, -0.1) is 0 Å². The lowest BCUT2D eigenvalue weighted by atomic mass is 10.1. The number of hydrogen-bond donors (Lipinski definition) is 0. The van der Waals surface area contributed by atoms with E-state index < -0.39 is 20.2 Å². The largest absolute Gasteiger partial charge is 0.501 e. The second-order valence-corrected chi connectivity index (χ2v) is 9.47. The van der Waals surface area contributed by atoms with Gasteiger partial charge in [-0.25, -0.2) is 8.42 Å². The van der Waals surface area contributed by atoms with Crippen LogP contribution in [0.2, 0.25) is 0 Å². The molecule has 28 heavy (non-hydrogen) atoms. The summed E-state index contributed by atoms with van der Waals surface area (Å²) in [4.78, 5) is 4.18. The fourth-order valence-corrected chi connectivity index (χ4v) is 4.49. The fourth-order valence-electron chi connectivity index (χ4n) is 3.73. The van der Waals surface area contributed by atoms with Gasteiger partial charge in [0.2, 0.25) is 0 Å². The van der Waals surface area contributed by atoms with Crippen LogP contribution < -0.4 is 0 Å². The molecule has 1 aliphatic heterocycles. The van der Waals surface area contributed by atoms with Crippen molar-refractivity contribution in [3.63, 3.8) is 0 Å². The fraction of sp³-hybridized carbons (Fsp3) is 0.700. The Balaban J connectivity index is 1.93. The number of alkyl halides is 3. The quantitative estimate of drug-likeness (QED) is 0.635. The molecule has 1 heterocycles. The standard InChI is InChI=1S/C20H31F3N2O2S/c1-3-25(15-14-24-12-6-4-5-7-13-24)17(2)16-18-8-10-19(11-9-18)28(26,27)20(21,22)23/h8-11,17H,3-7,12-16H2,1-2H3. The van der Waals surface area contributed by atoms with Crippen molar-refractivity contribution in [3.05, 3.63) is 29.8 Å². The minimum Gasteiger partial charge on any atom is -0.302 e. The van der Waals surface area contributed by atoms with Crippen LogP contribution in [-0.4, -0.2) is 62.5 Å². The summed E-state index contributed by atoms with van der Waals surface area (Å²) in [5.41, 5.74) is -4.43. The smallest absolute Gasteiger partial charge is 0.302 e. The Morgan fingerprint density at radius 3 is 2.14 bits per heavy atom. The minimum atomic E-state index is -5.28. The van der Waals surface area contributed by atoms with Gasteiger partial charge >= 0.3 is 5.51 Å². The molecular formula is C20H31F3N2O2S. The lowest BCUT2D eigenvalue weighted by Gasteiger charge is -2.30. The molecule has 1 aromatic carbocycles. The van der Waals surface area contributed by atoms with E-state index in [4.69, 9.17) is 0 Å². The van der Waals surface area contributed by atoms with Crippen LogP contribution in [-0.2, 0) is 16.3 Å². The zero-order valence-corrected chi connectivity index (χ0v) is 17.5. The van der Waals surface area contributed by atoms with E-state index >= 15 is 0 Å². The first-order valence-corrected chi connectivity index (χ1v) is 11.5. The summed E-state index contributed by atoms with van der Waals surface area (Å²) in [5.74, 6) is 0. The maximum atomic E-state index is 12.6. The minimum absolute atomic E-state index is 0.224. The molecule has 1 saturated heterocycles. The Hall–Kier alpha value is -1.12. The molecule has 160 valence electrons. The molecule has 0 amide bonds. The summed E-state index contributed by atoms with van der Waals surface area (Å²) < 4.78 is 60.9. The normalized spacial score (nSPS) is 18.2. The van der Waals surface area contributed by atoms with Gasteiger partial charge in [0.05, 0.1) is 4.90 Å². The number of nitrogens with zero attached hydrogens (tertiary/aromatic N) is 2. The molecule has 8 heteroatoms. The Labute approximate surface area is 166 Å². The topological polar surface area (TPSA) is 40.6 Å². The van der Waals surface area contributed by atoms with Gasteiger partial charge in [0.25, 0.3) is 9.84 Å². The molecule has 1 fully saturated rings. The molecule has 0 saturated carbocycles. The highest BCUT2D eigenvalue weighted by Crippen LogP contribution is 2.30. The van der Waals surface area contributed by atoms with Crippen LogP contribution in [0.3, 0.4) is 0 Å². The van der Waals surface area contributed by atoms with Gasteiger partial charge in [0.15, 0.2) is 0 Å². The van der Waals surface area contributed by atoms with Crippen molar-refractivity contribution in [1.82, 2.24) is 9.80 Å². The molecular weight excluding hydrogens is 389 g/mol. The third-order valence-corrected chi connectivity index (χ3v) is 7.00. The van der Waals surface area contributed by atoms with E-state index in [1.807, 2.05) is 0 Å². The molecule has 0 aromatic heterocycles. The number of rotatable bonds is 8. The first-order chi connectivity index (χ1) is 13.1. The van der Waals surface area contributed by atoms with Crippen molar-refractivity contribution in [2.45, 2.75) is 62.4 Å². The van der Waals surface area contributed by atoms with Crippen molar-refractivity contribution >= 4 is 9.84 Å². The third-order valence-electron chi connectivity index (χ3n) is 5.50. The molecule has 0 N–H and O–H groups in total. The number of likely N-dealkylation sites (tertiary alicyclic amines) is 1. The Bertz CT molecular complexity index is 697. The predicted octanol–water partition coefficient (Wildman–Crippen LogP) is 4.11. The van der Waals surface area contributed by atoms with Gasteiger partial charge in [-0.2, -0.15) is 13.2 Å². The summed E-state index contributed by atoms with van der Waals surface area (Å²) in [6.07, 6.45) is 5.80. The molecule has 1 aliphatic rings. The highest BCUT2D eigenvalue weighted by atomic mass is 32.2. The van der Waals surface area contributed by atoms with Crippen LogP contribution in [0.5, 0.6) is 0 Å². The van der Waals surface area contributed by atoms with E-state index in [9.17, 15) is 21.6 Å². The molecule has 4 nitrogen and oxygen atoms in total. The summed E-state index contributed by atoms with van der Waals surface area (Å²) in [6.45, 7) is 9.40. The molecule has 0 aliphatic carbocycles. The first kappa shape index (κ1) is 23.2. The molecule has 1 unspecified atom stereocenters. The molecule has 0 radical (unpaired) electrons. The average molecular weight is 421 g/mol. The van der Waals surface area contributed by atoms with Crippen molar-refractivity contribution in [2.75, 3.05) is 32.7 Å². The Morgan fingerprint density at radius 1 is 1.07 bits per heavy atom. The van der Waals surface area contributed by atoms with E-state index in [0.29, 0.717) is 6.42 Å². The zero-order chi connectivity index (χ0) is 20.8. The van der Waals surface area contributed by atoms with Gasteiger partial charge < -0.3 is 4.90 Å². The lowest BCUT2D eigenvalue weighted by molar-refractivity contribution is -0.0436. The van der Waals surface area contributed by atoms with Gasteiger partial charge in [-0.05, 0) is 63.5 Å². The van der Waals surface area contributed by atoms with Crippen molar-refractivity contribution in [1.29, 1.82) is 0 Å². The average Bonchev–Trinajstić information content (AvgIpc) is 2.90. The summed E-state index contributed by atoms with van der Waals surface area (Å²) in [6, 6.07) is 5.30. The van der Waals surface area contributed by atoms with E-state index in [1.54, 1.807) is 0 Å². The van der Waals surface area contributed by atoms with Crippen molar-refractivity contribution in [2.24, 2.45) is 0 Å². The number of sulfone groups is 1. The second-order valence-electron chi connectivity index (χ2n) is 7.53. The van der Waals surface area contributed by atoms with Crippen LogP contribution in [0.15, 0.2) is 29.2 Å². The SMILES string of the molecule is CCN(CCN1CCCCCC1)C(C)Cc1ccc(S(=O)(=O)C(F)(F)F)cc1. The maximum Gasteiger partial charge on any atom is 0.501 e. The van der Waals surface area contributed by atoms with Gasteiger partial charge in [0, 0.05) is 19.1 Å². The zero-order valence-electron chi connectivity index (χ0n) is 16.7. The van der Waals surface area contributed by atoms with Crippen LogP contribution >= 0.6 is 0 Å². The lowest BCUT2D eigenvalue weighted by Crippen LogP contribution is -2.41. The highest BCUT2D eigenvalue weighted by molar-refractivity contribution is 7.92. The second kappa shape index (κ2) is 10.1. The molecule has 2 rings (SSSR count). The molecule has 0 bridgehead atoms. The monoisotopic (exact) mass is 420 g/mol. The van der Waals surface area contributed by atoms with Gasteiger partial charge in [-0.1, -0.05) is 31.9 Å². The highest BCUT2D eigenvalue weighted by Gasteiger charge is 2.46. The Morgan fingerprint density at radius 2 is 1.64 bits per heavy atom. The summed E-state index contributed by atoms with van der Waals surface area (Å²) >= 11 is 0. The predicted molar refractivity (Wildman–Crippen MR) is 105 cm³/mol. The van der Waals surface area contributed by atoms with Crippen molar-refractivity contribution < 1.29 is 21.6 Å². The maximum absolute atomic E-state index is 12.6. The van der Waals surface area contributed by atoms with E-state index in [-0.39, 0.29) is 6.04 Å². The van der Waals surface area contributed by atoms with Crippen LogP contribution in [0, 0.1) is 0 Å². The summed E-state index contributed by atoms with van der Waals surface area (Å²) in [7, 11) is -5.28.